The van der Waals surface area contributed by atoms with Gasteiger partial charge in [0.1, 0.15) is 5.82 Å². The van der Waals surface area contributed by atoms with Gasteiger partial charge in [0.2, 0.25) is 5.95 Å². The van der Waals surface area contributed by atoms with Crippen LogP contribution in [0.25, 0.3) is 0 Å². The number of aryl methyl sites for hydroxylation is 1. The Hall–Kier alpha value is -1.97. The molecule has 3 nitrogen and oxygen atoms in total. The maximum absolute atomic E-state index is 12.9. The van der Waals surface area contributed by atoms with Gasteiger partial charge >= 0.3 is 0 Å². The number of nitrogens with one attached hydrogen (secondary N) is 1. The van der Waals surface area contributed by atoms with E-state index in [0.29, 0.717) is 11.9 Å². The van der Waals surface area contributed by atoms with E-state index in [1.807, 2.05) is 19.9 Å². The number of aromatic nitrogens is 2. The van der Waals surface area contributed by atoms with Crippen molar-refractivity contribution in [3.05, 3.63) is 53.1 Å². The van der Waals surface area contributed by atoms with Gasteiger partial charge in [0, 0.05) is 11.4 Å². The number of rotatable bonds is 4. The summed E-state index contributed by atoms with van der Waals surface area (Å²) in [7, 11) is 0. The van der Waals surface area contributed by atoms with Gasteiger partial charge in [-0.15, -0.1) is 0 Å². The molecule has 20 heavy (non-hydrogen) atoms. The molecule has 1 atom stereocenters. The number of hydrogen-bond donors (Lipinski definition) is 1. The average Bonchev–Trinajstić information content (AvgIpc) is 2.38. The Balaban J connectivity index is 2.18. The zero-order valence-electron chi connectivity index (χ0n) is 12.3. The maximum Gasteiger partial charge on any atom is 0.223 e. The summed E-state index contributed by atoms with van der Waals surface area (Å²) in [4.78, 5) is 8.92. The number of nitrogens with zero attached hydrogens (tertiary/aromatic N) is 2. The van der Waals surface area contributed by atoms with E-state index in [0.717, 1.165) is 17.0 Å². The van der Waals surface area contributed by atoms with Crippen molar-refractivity contribution in [1.82, 2.24) is 9.97 Å². The SMILES string of the molecule is Cc1cc(C(C)C)nc(NC(C)c2ccc(F)cc2)n1. The highest BCUT2D eigenvalue weighted by Gasteiger charge is 2.10. The second-order valence-corrected chi connectivity index (χ2v) is 5.33. The summed E-state index contributed by atoms with van der Waals surface area (Å²) in [6, 6.07) is 8.49. The Labute approximate surface area is 119 Å². The summed E-state index contributed by atoms with van der Waals surface area (Å²) in [6.07, 6.45) is 0. The van der Waals surface area contributed by atoms with E-state index in [1.54, 1.807) is 12.1 Å². The van der Waals surface area contributed by atoms with Crippen molar-refractivity contribution >= 4 is 5.95 Å². The van der Waals surface area contributed by atoms with Crippen LogP contribution in [0.1, 0.15) is 49.7 Å². The third kappa shape index (κ3) is 3.53. The Morgan fingerprint density at radius 3 is 2.30 bits per heavy atom. The second-order valence-electron chi connectivity index (χ2n) is 5.33. The van der Waals surface area contributed by atoms with Gasteiger partial charge in [-0.1, -0.05) is 26.0 Å². The van der Waals surface area contributed by atoms with Crippen molar-refractivity contribution in [2.45, 2.75) is 39.7 Å². The molecule has 1 unspecified atom stereocenters. The van der Waals surface area contributed by atoms with Crippen LogP contribution < -0.4 is 5.32 Å². The largest absolute Gasteiger partial charge is 0.348 e. The molecule has 2 rings (SSSR count). The Kier molecular flexibility index (Phi) is 4.32. The summed E-state index contributed by atoms with van der Waals surface area (Å²) >= 11 is 0. The molecule has 0 aliphatic rings. The van der Waals surface area contributed by atoms with E-state index in [1.165, 1.54) is 12.1 Å². The lowest BCUT2D eigenvalue weighted by atomic mass is 10.1. The number of benzene rings is 1. The molecule has 4 heteroatoms. The van der Waals surface area contributed by atoms with Gasteiger partial charge in [-0.3, -0.25) is 0 Å². The first kappa shape index (κ1) is 14.4. The van der Waals surface area contributed by atoms with Gasteiger partial charge in [0.05, 0.1) is 6.04 Å². The van der Waals surface area contributed by atoms with E-state index in [2.05, 4.69) is 29.1 Å². The molecule has 1 N–H and O–H groups in total. The normalized spacial score (nSPS) is 12.5. The monoisotopic (exact) mass is 273 g/mol. The summed E-state index contributed by atoms with van der Waals surface area (Å²) in [5, 5.41) is 3.27. The Morgan fingerprint density at radius 1 is 1.05 bits per heavy atom. The topological polar surface area (TPSA) is 37.8 Å². The van der Waals surface area contributed by atoms with Crippen LogP contribution in [0.2, 0.25) is 0 Å². The lowest BCUT2D eigenvalue weighted by Crippen LogP contribution is -2.11. The highest BCUT2D eigenvalue weighted by Crippen LogP contribution is 2.19. The van der Waals surface area contributed by atoms with E-state index < -0.39 is 0 Å². The highest BCUT2D eigenvalue weighted by molar-refractivity contribution is 5.34. The van der Waals surface area contributed by atoms with E-state index in [-0.39, 0.29) is 11.9 Å². The Morgan fingerprint density at radius 2 is 1.70 bits per heavy atom. The molecule has 1 aromatic carbocycles. The molecule has 0 fully saturated rings. The van der Waals surface area contributed by atoms with E-state index in [9.17, 15) is 4.39 Å². The maximum atomic E-state index is 12.9. The molecular formula is C16H20FN3. The Bertz CT molecular complexity index is 579. The molecule has 1 aromatic heterocycles. The van der Waals surface area contributed by atoms with Gasteiger partial charge in [-0.05, 0) is 43.5 Å². The number of hydrogen-bond acceptors (Lipinski definition) is 3. The third-order valence-corrected chi connectivity index (χ3v) is 3.18. The molecule has 2 aromatic rings. The average molecular weight is 273 g/mol. The van der Waals surface area contributed by atoms with Gasteiger partial charge in [0.15, 0.2) is 0 Å². The predicted molar refractivity (Wildman–Crippen MR) is 79.3 cm³/mol. The smallest absolute Gasteiger partial charge is 0.223 e. The van der Waals surface area contributed by atoms with Gasteiger partial charge in [-0.2, -0.15) is 0 Å². The van der Waals surface area contributed by atoms with Crippen molar-refractivity contribution in [3.8, 4) is 0 Å². The van der Waals surface area contributed by atoms with Crippen LogP contribution in [-0.2, 0) is 0 Å². The predicted octanol–water partition coefficient (Wildman–Crippen LogP) is 4.22. The molecule has 0 bridgehead atoms. The fourth-order valence-electron chi connectivity index (χ4n) is 1.98. The molecule has 0 radical (unpaired) electrons. The lowest BCUT2D eigenvalue weighted by molar-refractivity contribution is 0.626. The van der Waals surface area contributed by atoms with Crippen LogP contribution in [0.3, 0.4) is 0 Å². The first-order chi connectivity index (χ1) is 9.45. The van der Waals surface area contributed by atoms with Crippen molar-refractivity contribution < 1.29 is 4.39 Å². The molecule has 1 heterocycles. The van der Waals surface area contributed by atoms with Gasteiger partial charge in [-0.25, -0.2) is 14.4 Å². The second kappa shape index (κ2) is 5.99. The van der Waals surface area contributed by atoms with Gasteiger partial charge in [0.25, 0.3) is 0 Å². The quantitative estimate of drug-likeness (QED) is 0.906. The van der Waals surface area contributed by atoms with Crippen LogP contribution in [0.4, 0.5) is 10.3 Å². The third-order valence-electron chi connectivity index (χ3n) is 3.18. The summed E-state index contributed by atoms with van der Waals surface area (Å²) in [5.41, 5.74) is 2.96. The highest BCUT2D eigenvalue weighted by atomic mass is 19.1. The van der Waals surface area contributed by atoms with Gasteiger partial charge < -0.3 is 5.32 Å². The fraction of sp³-hybridized carbons (Fsp3) is 0.375. The minimum absolute atomic E-state index is 0.0254. The van der Waals surface area contributed by atoms with E-state index >= 15 is 0 Å². The number of anilines is 1. The van der Waals surface area contributed by atoms with Crippen molar-refractivity contribution in [3.63, 3.8) is 0 Å². The summed E-state index contributed by atoms with van der Waals surface area (Å²) < 4.78 is 12.9. The molecule has 0 aliphatic heterocycles. The number of halogens is 1. The first-order valence-electron chi connectivity index (χ1n) is 6.83. The van der Waals surface area contributed by atoms with Crippen LogP contribution in [0.15, 0.2) is 30.3 Å². The minimum Gasteiger partial charge on any atom is -0.348 e. The molecular weight excluding hydrogens is 253 g/mol. The first-order valence-corrected chi connectivity index (χ1v) is 6.83. The van der Waals surface area contributed by atoms with Crippen LogP contribution in [0.5, 0.6) is 0 Å². The zero-order chi connectivity index (χ0) is 14.7. The molecule has 0 aliphatic carbocycles. The van der Waals surface area contributed by atoms with Crippen molar-refractivity contribution in [2.24, 2.45) is 0 Å². The molecule has 0 saturated heterocycles. The minimum atomic E-state index is -0.227. The van der Waals surface area contributed by atoms with Crippen LogP contribution in [0, 0.1) is 12.7 Å². The molecule has 106 valence electrons. The van der Waals surface area contributed by atoms with E-state index in [4.69, 9.17) is 0 Å². The van der Waals surface area contributed by atoms with Crippen LogP contribution in [-0.4, -0.2) is 9.97 Å². The van der Waals surface area contributed by atoms with Crippen molar-refractivity contribution in [2.75, 3.05) is 5.32 Å². The zero-order valence-corrected chi connectivity index (χ0v) is 12.3. The van der Waals surface area contributed by atoms with Crippen molar-refractivity contribution in [1.29, 1.82) is 0 Å². The van der Waals surface area contributed by atoms with Crippen LogP contribution >= 0.6 is 0 Å². The fourth-order valence-corrected chi connectivity index (χ4v) is 1.98. The summed E-state index contributed by atoms with van der Waals surface area (Å²) in [5.74, 6) is 0.749. The molecule has 0 spiro atoms. The molecule has 0 saturated carbocycles. The lowest BCUT2D eigenvalue weighted by Gasteiger charge is -2.16. The summed E-state index contributed by atoms with van der Waals surface area (Å²) in [6.45, 7) is 8.18. The molecule has 0 amide bonds. The standard InChI is InChI=1S/C16H20FN3/c1-10(2)15-9-11(3)18-16(20-15)19-12(4)13-5-7-14(17)8-6-13/h5-10,12H,1-4H3,(H,18,19,20).